The largest absolute Gasteiger partial charge is 0.376 e. The lowest BCUT2D eigenvalue weighted by Crippen LogP contribution is -2.31. The monoisotopic (exact) mass is 911 g/mol. The Balaban J connectivity index is 1.01. The van der Waals surface area contributed by atoms with E-state index in [0.29, 0.717) is 13.2 Å². The zero-order valence-corrected chi connectivity index (χ0v) is 39.7. The van der Waals surface area contributed by atoms with Crippen molar-refractivity contribution in [1.29, 1.82) is 0 Å². The molecule has 1 aliphatic heterocycles. The Bertz CT molecular complexity index is 3670. The van der Waals surface area contributed by atoms with E-state index in [-0.39, 0.29) is 0 Å². The van der Waals surface area contributed by atoms with Crippen molar-refractivity contribution in [2.75, 3.05) is 11.5 Å². The summed E-state index contributed by atoms with van der Waals surface area (Å²) in [4.78, 5) is 2.44. The first kappa shape index (κ1) is 43.7. The lowest BCUT2D eigenvalue weighted by molar-refractivity contribution is 0.123. The van der Waals surface area contributed by atoms with Crippen LogP contribution in [0.25, 0.3) is 61.0 Å². The van der Waals surface area contributed by atoms with Gasteiger partial charge in [0.2, 0.25) is 0 Å². The zero-order chi connectivity index (χ0) is 47.4. The fourth-order valence-electron chi connectivity index (χ4n) is 11.1. The predicted octanol–water partition coefficient (Wildman–Crippen LogP) is 18.0. The van der Waals surface area contributed by atoms with Crippen LogP contribution in [0.15, 0.2) is 267 Å². The molecule has 12 rings (SSSR count). The van der Waals surface area contributed by atoms with Crippen molar-refractivity contribution >= 4 is 44.7 Å². The zero-order valence-electron chi connectivity index (χ0n) is 39.7. The molecule has 0 fully saturated rings. The molecule has 1 aliphatic rings. The van der Waals surface area contributed by atoms with E-state index in [1.165, 1.54) is 88.3 Å². The quantitative estimate of drug-likeness (QED) is 0.151. The second-order valence-corrected chi connectivity index (χ2v) is 18.6. The summed E-state index contributed by atoms with van der Waals surface area (Å²) in [6.07, 6.45) is 6.28. The van der Waals surface area contributed by atoms with Crippen LogP contribution < -0.4 is 4.90 Å². The maximum Gasteiger partial charge on any atom is 0.0722 e. The van der Waals surface area contributed by atoms with Crippen LogP contribution in [0, 0.1) is 0 Å². The average Bonchev–Trinajstić information content (AvgIpc) is 3.44. The second-order valence-electron chi connectivity index (χ2n) is 18.6. The van der Waals surface area contributed by atoms with Crippen LogP contribution in [0.1, 0.15) is 39.8 Å². The van der Waals surface area contributed by atoms with Crippen LogP contribution in [0.3, 0.4) is 0 Å². The molecular weight excluding hydrogens is 859 g/mol. The summed E-state index contributed by atoms with van der Waals surface area (Å²) in [5.74, 6) is 0. The minimum atomic E-state index is -0.520. The molecule has 0 saturated carbocycles. The molecule has 340 valence electrons. The van der Waals surface area contributed by atoms with Gasteiger partial charge in [-0.15, -0.1) is 0 Å². The third kappa shape index (κ3) is 8.43. The number of rotatable bonds is 8. The van der Waals surface area contributed by atoms with E-state index in [1.807, 2.05) is 0 Å². The number of ether oxygens (including phenoxy) is 1. The lowest BCUT2D eigenvalue weighted by Gasteiger charge is -2.38. The molecule has 2 nitrogen and oxygen atoms in total. The number of hydrogen-bond donors (Lipinski definition) is 0. The minimum Gasteiger partial charge on any atom is -0.376 e. The highest BCUT2D eigenvalue weighted by atomic mass is 16.5. The van der Waals surface area contributed by atoms with Gasteiger partial charge >= 0.3 is 0 Å². The predicted molar refractivity (Wildman–Crippen MR) is 299 cm³/mol. The molecule has 1 unspecified atom stereocenters. The second kappa shape index (κ2) is 19.4. The molecule has 0 aliphatic carbocycles. The molecule has 1 heterocycles. The first-order valence-corrected chi connectivity index (χ1v) is 24.8. The Morgan fingerprint density at radius 1 is 0.408 bits per heavy atom. The summed E-state index contributed by atoms with van der Waals surface area (Å²) in [6.45, 7) is 1.21. The molecule has 1 atom stereocenters. The number of anilines is 3. The van der Waals surface area contributed by atoms with Gasteiger partial charge in [-0.05, 0) is 127 Å². The number of benzene rings is 11. The van der Waals surface area contributed by atoms with Gasteiger partial charge in [-0.2, -0.15) is 0 Å². The Kier molecular flexibility index (Phi) is 12.0. The average molecular weight is 912 g/mol. The van der Waals surface area contributed by atoms with Crippen molar-refractivity contribution in [3.63, 3.8) is 0 Å². The van der Waals surface area contributed by atoms with E-state index < -0.39 is 5.41 Å². The third-order valence-corrected chi connectivity index (χ3v) is 14.5. The first-order chi connectivity index (χ1) is 35.2. The number of para-hydroxylation sites is 1. The normalized spacial score (nSPS) is 15.2. The highest BCUT2D eigenvalue weighted by Gasteiger charge is 2.38. The molecule has 11 aromatic carbocycles. The van der Waals surface area contributed by atoms with Crippen molar-refractivity contribution in [3.05, 3.63) is 300 Å². The molecule has 0 radical (unpaired) electrons. The fourth-order valence-corrected chi connectivity index (χ4v) is 11.1. The Labute approximate surface area is 417 Å². The number of nitrogens with zero attached hydrogens (tertiary/aromatic N) is 1. The molecule has 11 aromatic rings. The summed E-state index contributed by atoms with van der Waals surface area (Å²) >= 11 is 0. The Morgan fingerprint density at radius 3 is 1.87 bits per heavy atom. The maximum absolute atomic E-state index is 6.51. The Morgan fingerprint density at radius 2 is 1.03 bits per heavy atom. The van der Waals surface area contributed by atoms with E-state index in [1.54, 1.807) is 0 Å². The van der Waals surface area contributed by atoms with E-state index in [2.05, 4.69) is 278 Å². The van der Waals surface area contributed by atoms with Gasteiger partial charge in [0.1, 0.15) is 0 Å². The SMILES string of the molecule is C1=C\c2ccccc2COCCc2c(ccc3ccccc23)C(c2ccccc2)(c2cccc(-c3ccc4c(N(c5ccc(-c6ccccc6)cc5)c5ccccc5-c5ccccc5)cccc4c3)c2)C/1. The lowest BCUT2D eigenvalue weighted by atomic mass is 9.65. The molecule has 0 spiro atoms. The summed E-state index contributed by atoms with van der Waals surface area (Å²) < 4.78 is 6.51. The van der Waals surface area contributed by atoms with Gasteiger partial charge in [-0.1, -0.05) is 237 Å². The standard InChI is InChI=1S/C69H53NO/c1-4-19-50(20-5-1)52-36-40-61(41-37-52)70(67-34-15-14-33-63(67)53-22-6-2-7-23-53)68-35-17-27-57-47-56(38-42-64(57)68)55-26-16-31-60(48-55)69(59-29-8-3-9-30-59)45-18-28-51-21-10-11-25-58(51)49-71-46-44-65-62-32-13-12-24-54(62)39-43-66(65)69/h1-43,47-48H,44-46,49H2/b28-18-. The minimum absolute atomic E-state index is 0.520. The van der Waals surface area contributed by atoms with Gasteiger partial charge in [-0.25, -0.2) is 0 Å². The van der Waals surface area contributed by atoms with Crippen LogP contribution in [-0.2, 0) is 23.2 Å². The molecule has 71 heavy (non-hydrogen) atoms. The van der Waals surface area contributed by atoms with Crippen LogP contribution in [0.4, 0.5) is 17.1 Å². The van der Waals surface area contributed by atoms with E-state index in [0.717, 1.165) is 29.9 Å². The van der Waals surface area contributed by atoms with Crippen molar-refractivity contribution in [3.8, 4) is 33.4 Å². The van der Waals surface area contributed by atoms with Crippen molar-refractivity contribution in [2.45, 2.75) is 24.9 Å². The molecule has 0 saturated heterocycles. The van der Waals surface area contributed by atoms with Crippen molar-refractivity contribution in [2.24, 2.45) is 0 Å². The fraction of sp³-hybridized carbons (Fsp3) is 0.0725. The van der Waals surface area contributed by atoms with Crippen LogP contribution in [0.2, 0.25) is 0 Å². The topological polar surface area (TPSA) is 12.5 Å². The summed E-state index contributed by atoms with van der Waals surface area (Å²) in [5, 5.41) is 4.88. The molecule has 0 amide bonds. The van der Waals surface area contributed by atoms with Crippen molar-refractivity contribution in [1.82, 2.24) is 0 Å². The summed E-state index contributed by atoms with van der Waals surface area (Å²) in [6, 6.07) is 95.6. The van der Waals surface area contributed by atoms with E-state index in [9.17, 15) is 0 Å². The molecular formula is C69H53NO. The molecule has 0 bridgehead atoms. The van der Waals surface area contributed by atoms with Crippen LogP contribution in [-0.4, -0.2) is 6.61 Å². The van der Waals surface area contributed by atoms with Gasteiger partial charge in [0.25, 0.3) is 0 Å². The highest BCUT2D eigenvalue weighted by Crippen LogP contribution is 2.48. The maximum atomic E-state index is 6.51. The molecule has 0 N–H and O–H groups in total. The van der Waals surface area contributed by atoms with Crippen LogP contribution in [0.5, 0.6) is 0 Å². The summed E-state index contributed by atoms with van der Waals surface area (Å²) in [5.41, 5.74) is 17.5. The third-order valence-electron chi connectivity index (χ3n) is 14.5. The van der Waals surface area contributed by atoms with Gasteiger partial charge < -0.3 is 9.64 Å². The van der Waals surface area contributed by atoms with E-state index >= 15 is 0 Å². The highest BCUT2D eigenvalue weighted by molar-refractivity contribution is 6.02. The van der Waals surface area contributed by atoms with Crippen LogP contribution >= 0.6 is 0 Å². The van der Waals surface area contributed by atoms with Gasteiger partial charge in [0.05, 0.1) is 24.6 Å². The molecule has 0 aromatic heterocycles. The number of allylic oxidation sites excluding steroid dienone is 1. The Hall–Kier alpha value is -8.56. The number of fused-ring (bicyclic) bond motifs is 5. The van der Waals surface area contributed by atoms with E-state index in [4.69, 9.17) is 4.74 Å². The summed E-state index contributed by atoms with van der Waals surface area (Å²) in [7, 11) is 0. The smallest absolute Gasteiger partial charge is 0.0722 e. The first-order valence-electron chi connectivity index (χ1n) is 24.8. The number of hydrogen-bond acceptors (Lipinski definition) is 2. The van der Waals surface area contributed by atoms with Gasteiger partial charge in [-0.3, -0.25) is 0 Å². The van der Waals surface area contributed by atoms with Crippen molar-refractivity contribution < 1.29 is 4.74 Å². The van der Waals surface area contributed by atoms with Gasteiger partial charge in [0.15, 0.2) is 0 Å². The molecule has 2 heteroatoms. The van der Waals surface area contributed by atoms with Gasteiger partial charge in [0, 0.05) is 22.1 Å².